The van der Waals surface area contributed by atoms with Crippen molar-refractivity contribution in [3.05, 3.63) is 71.6 Å². The fourth-order valence-electron chi connectivity index (χ4n) is 3.77. The zero-order valence-electron chi connectivity index (χ0n) is 18.3. The van der Waals surface area contributed by atoms with Gasteiger partial charge in [0.15, 0.2) is 12.1 Å². The molecule has 33 heavy (non-hydrogen) atoms. The number of nitrogens with zero attached hydrogens (tertiary/aromatic N) is 5. The highest BCUT2D eigenvalue weighted by atomic mass is 35.5. The minimum Gasteiger partial charge on any atom is -0.367 e. The molecule has 8 heteroatoms. The van der Waals surface area contributed by atoms with Gasteiger partial charge in [0.05, 0.1) is 17.6 Å². The van der Waals surface area contributed by atoms with Crippen molar-refractivity contribution in [1.29, 1.82) is 0 Å². The van der Waals surface area contributed by atoms with Crippen LogP contribution in [-0.2, 0) is 16.0 Å². The first kappa shape index (κ1) is 22.6. The summed E-state index contributed by atoms with van der Waals surface area (Å²) in [5, 5.41) is 0.448. The van der Waals surface area contributed by atoms with Crippen molar-refractivity contribution in [2.75, 3.05) is 31.1 Å². The van der Waals surface area contributed by atoms with Crippen LogP contribution in [0.1, 0.15) is 12.5 Å². The second-order valence-electron chi connectivity index (χ2n) is 7.83. The third-order valence-corrected chi connectivity index (χ3v) is 5.82. The second-order valence-corrected chi connectivity index (χ2v) is 8.22. The summed E-state index contributed by atoms with van der Waals surface area (Å²) in [5.74, 6) is 0.599. The van der Waals surface area contributed by atoms with Gasteiger partial charge in [-0.3, -0.25) is 9.59 Å². The van der Waals surface area contributed by atoms with Crippen LogP contribution in [0.3, 0.4) is 0 Å². The molecule has 1 amide bonds. The number of aromatic nitrogens is 2. The van der Waals surface area contributed by atoms with Crippen molar-refractivity contribution >= 4 is 41.0 Å². The molecule has 3 heterocycles. The van der Waals surface area contributed by atoms with Crippen molar-refractivity contribution in [3.8, 4) is 11.1 Å². The first-order chi connectivity index (χ1) is 16.0. The number of hydrogen-bond acceptors (Lipinski definition) is 6. The number of anilines is 1. The minimum atomic E-state index is 0.107. The monoisotopic (exact) mass is 461 g/mol. The molecular weight excluding hydrogens is 438 g/mol. The zero-order valence-corrected chi connectivity index (χ0v) is 19.1. The predicted octanol–water partition coefficient (Wildman–Crippen LogP) is 3.98. The Bertz CT molecular complexity index is 1150. The molecule has 3 aromatic rings. The number of benzene rings is 1. The molecule has 1 fully saturated rings. The number of aldehydes is 1. The fourth-order valence-corrected chi connectivity index (χ4v) is 3.95. The van der Waals surface area contributed by atoms with Crippen LogP contribution in [0, 0.1) is 0 Å². The van der Waals surface area contributed by atoms with Crippen LogP contribution in [0.2, 0.25) is 5.15 Å². The summed E-state index contributed by atoms with van der Waals surface area (Å²) in [5.41, 5.74) is 4.37. The molecule has 0 N–H and O–H groups in total. The van der Waals surface area contributed by atoms with Gasteiger partial charge in [-0.05, 0) is 41.0 Å². The third kappa shape index (κ3) is 5.81. The Hall–Kier alpha value is -3.58. The second kappa shape index (κ2) is 10.4. The predicted molar refractivity (Wildman–Crippen MR) is 130 cm³/mol. The van der Waals surface area contributed by atoms with Crippen LogP contribution in [0.5, 0.6) is 0 Å². The van der Waals surface area contributed by atoms with Crippen molar-refractivity contribution in [2.24, 2.45) is 4.99 Å². The number of pyridine rings is 2. The highest BCUT2D eigenvalue weighted by molar-refractivity contribution is 6.30. The van der Waals surface area contributed by atoms with Gasteiger partial charge in [-0.2, -0.15) is 0 Å². The number of carbonyl (C=O) groups is 2. The molecule has 0 bridgehead atoms. The molecule has 0 atom stereocenters. The standard InChI is InChI=1S/C25H24ClN5O2/c1-18(33)30-10-12-31(13-11-30)23-6-7-25(28-16-23)29-22(17-32)14-19-2-4-20(5-3-19)21-8-9-27-24(26)15-21/h2-9,15-17H,10-14H2,1H3. The van der Waals surface area contributed by atoms with Crippen LogP contribution >= 0.6 is 11.6 Å². The van der Waals surface area contributed by atoms with Crippen molar-refractivity contribution in [1.82, 2.24) is 14.9 Å². The van der Waals surface area contributed by atoms with E-state index in [1.165, 1.54) is 0 Å². The molecule has 1 aliphatic heterocycles. The molecule has 7 nitrogen and oxygen atoms in total. The molecule has 2 aromatic heterocycles. The van der Waals surface area contributed by atoms with Crippen molar-refractivity contribution < 1.29 is 9.59 Å². The van der Waals surface area contributed by atoms with Gasteiger partial charge in [-0.15, -0.1) is 0 Å². The van der Waals surface area contributed by atoms with Gasteiger partial charge in [0, 0.05) is 45.7 Å². The highest BCUT2D eigenvalue weighted by Gasteiger charge is 2.18. The third-order valence-electron chi connectivity index (χ3n) is 5.62. The van der Waals surface area contributed by atoms with E-state index in [0.29, 0.717) is 36.2 Å². The lowest BCUT2D eigenvalue weighted by Crippen LogP contribution is -2.48. The van der Waals surface area contributed by atoms with E-state index in [2.05, 4.69) is 19.9 Å². The van der Waals surface area contributed by atoms with Crippen LogP contribution in [-0.4, -0.2) is 59.0 Å². The summed E-state index contributed by atoms with van der Waals surface area (Å²) in [6.07, 6.45) is 4.62. The summed E-state index contributed by atoms with van der Waals surface area (Å²) < 4.78 is 0. The Balaban J connectivity index is 1.40. The highest BCUT2D eigenvalue weighted by Crippen LogP contribution is 2.22. The molecule has 0 spiro atoms. The Morgan fingerprint density at radius 2 is 1.79 bits per heavy atom. The van der Waals surface area contributed by atoms with Crippen LogP contribution in [0.4, 0.5) is 11.5 Å². The molecular formula is C25H24ClN5O2. The molecule has 1 aromatic carbocycles. The number of aliphatic imine (C=N–C) groups is 1. The average molecular weight is 462 g/mol. The normalized spacial score (nSPS) is 14.3. The molecule has 1 saturated heterocycles. The molecule has 1 aliphatic rings. The largest absolute Gasteiger partial charge is 0.367 e. The topological polar surface area (TPSA) is 78.8 Å². The van der Waals surface area contributed by atoms with Crippen LogP contribution in [0.25, 0.3) is 11.1 Å². The fraction of sp³-hybridized carbons (Fsp3) is 0.240. The molecule has 0 saturated carbocycles. The van der Waals surface area contributed by atoms with Crippen molar-refractivity contribution in [3.63, 3.8) is 0 Å². The first-order valence-corrected chi connectivity index (χ1v) is 11.1. The maximum Gasteiger partial charge on any atom is 0.219 e. The molecule has 168 valence electrons. The Morgan fingerprint density at radius 3 is 2.39 bits per heavy atom. The summed E-state index contributed by atoms with van der Waals surface area (Å²) in [6.45, 7) is 4.55. The average Bonchev–Trinajstić information content (AvgIpc) is 2.84. The van der Waals surface area contributed by atoms with E-state index in [4.69, 9.17) is 11.6 Å². The van der Waals surface area contributed by atoms with E-state index in [1.54, 1.807) is 19.3 Å². The Labute approximate surface area is 197 Å². The number of halogens is 1. The lowest BCUT2D eigenvalue weighted by Gasteiger charge is -2.35. The summed E-state index contributed by atoms with van der Waals surface area (Å²) in [6, 6.07) is 15.4. The summed E-state index contributed by atoms with van der Waals surface area (Å²) in [4.78, 5) is 40.0. The summed E-state index contributed by atoms with van der Waals surface area (Å²) >= 11 is 5.97. The minimum absolute atomic E-state index is 0.107. The van der Waals surface area contributed by atoms with E-state index in [-0.39, 0.29) is 5.91 Å². The maximum atomic E-state index is 11.6. The van der Waals surface area contributed by atoms with Gasteiger partial charge in [-0.25, -0.2) is 15.0 Å². The maximum absolute atomic E-state index is 11.6. The molecule has 0 radical (unpaired) electrons. The number of carbonyl (C=O) groups excluding carboxylic acids is 2. The zero-order chi connectivity index (χ0) is 23.2. The van der Waals surface area contributed by atoms with Crippen molar-refractivity contribution in [2.45, 2.75) is 13.3 Å². The number of piperazine rings is 1. The van der Waals surface area contributed by atoms with Gasteiger partial charge >= 0.3 is 0 Å². The summed E-state index contributed by atoms with van der Waals surface area (Å²) in [7, 11) is 0. The number of rotatable bonds is 6. The molecule has 4 rings (SSSR count). The number of hydrogen-bond donors (Lipinski definition) is 0. The first-order valence-electron chi connectivity index (χ1n) is 10.7. The quantitative estimate of drug-likeness (QED) is 0.315. The van der Waals surface area contributed by atoms with Gasteiger partial charge < -0.3 is 9.80 Å². The Morgan fingerprint density at radius 1 is 1.03 bits per heavy atom. The van der Waals surface area contributed by atoms with E-state index in [9.17, 15) is 9.59 Å². The van der Waals surface area contributed by atoms with Gasteiger partial charge in [-0.1, -0.05) is 35.9 Å². The van der Waals surface area contributed by atoms with Crippen LogP contribution < -0.4 is 4.90 Å². The smallest absolute Gasteiger partial charge is 0.219 e. The lowest BCUT2D eigenvalue weighted by molar-refractivity contribution is -0.129. The van der Waals surface area contributed by atoms with E-state index in [1.807, 2.05) is 53.4 Å². The van der Waals surface area contributed by atoms with Crippen LogP contribution in [0.15, 0.2) is 65.9 Å². The molecule has 0 aliphatic carbocycles. The van der Waals surface area contributed by atoms with Gasteiger partial charge in [0.1, 0.15) is 5.15 Å². The van der Waals surface area contributed by atoms with Gasteiger partial charge in [0.25, 0.3) is 0 Å². The number of amides is 1. The van der Waals surface area contributed by atoms with E-state index < -0.39 is 0 Å². The molecule has 0 unspecified atom stereocenters. The SMILES string of the molecule is CC(=O)N1CCN(c2ccc(N=C(C=O)Cc3ccc(-c4ccnc(Cl)c4)cc3)nc2)CC1. The van der Waals surface area contributed by atoms with Gasteiger partial charge in [0.2, 0.25) is 5.91 Å². The lowest BCUT2D eigenvalue weighted by atomic mass is 10.0. The van der Waals surface area contributed by atoms with E-state index >= 15 is 0 Å². The van der Waals surface area contributed by atoms with E-state index in [0.717, 1.165) is 41.8 Å². The Kier molecular flexibility index (Phi) is 7.10.